The SMILES string of the molecule is c1ccc2c(COc3ccc(OCCCc4nn[nH]n4)cc3)nccc2c1. The van der Waals surface area contributed by atoms with Gasteiger partial charge in [0, 0.05) is 18.0 Å². The van der Waals surface area contributed by atoms with Gasteiger partial charge in [-0.1, -0.05) is 29.5 Å². The Kier molecular flexibility index (Phi) is 5.19. The smallest absolute Gasteiger partial charge is 0.174 e. The van der Waals surface area contributed by atoms with Gasteiger partial charge in [0.15, 0.2) is 5.82 Å². The average molecular weight is 361 g/mol. The third-order valence-electron chi connectivity index (χ3n) is 4.16. The van der Waals surface area contributed by atoms with Crippen LogP contribution in [-0.2, 0) is 13.0 Å². The monoisotopic (exact) mass is 361 g/mol. The minimum absolute atomic E-state index is 0.423. The highest BCUT2D eigenvalue weighted by atomic mass is 16.5. The van der Waals surface area contributed by atoms with E-state index >= 15 is 0 Å². The summed E-state index contributed by atoms with van der Waals surface area (Å²) in [7, 11) is 0. The van der Waals surface area contributed by atoms with Crippen LogP contribution in [0, 0.1) is 0 Å². The molecule has 0 amide bonds. The van der Waals surface area contributed by atoms with Crippen LogP contribution in [0.15, 0.2) is 60.8 Å². The Morgan fingerprint density at radius 1 is 0.889 bits per heavy atom. The molecule has 27 heavy (non-hydrogen) atoms. The topological polar surface area (TPSA) is 85.8 Å². The van der Waals surface area contributed by atoms with E-state index in [9.17, 15) is 0 Å². The number of fused-ring (bicyclic) bond motifs is 1. The van der Waals surface area contributed by atoms with Crippen molar-refractivity contribution < 1.29 is 9.47 Å². The maximum Gasteiger partial charge on any atom is 0.174 e. The molecule has 2 aromatic carbocycles. The lowest BCUT2D eigenvalue weighted by molar-refractivity contribution is 0.297. The normalized spacial score (nSPS) is 10.8. The number of rotatable bonds is 8. The van der Waals surface area contributed by atoms with Crippen LogP contribution in [0.3, 0.4) is 0 Å². The molecule has 0 saturated heterocycles. The first-order chi connectivity index (χ1) is 13.4. The van der Waals surface area contributed by atoms with Gasteiger partial charge in [-0.2, -0.15) is 5.21 Å². The van der Waals surface area contributed by atoms with Crippen LogP contribution in [0.25, 0.3) is 10.8 Å². The zero-order chi connectivity index (χ0) is 18.3. The lowest BCUT2D eigenvalue weighted by Gasteiger charge is -2.09. The molecule has 7 nitrogen and oxygen atoms in total. The minimum atomic E-state index is 0.423. The van der Waals surface area contributed by atoms with Gasteiger partial charge in [0.1, 0.15) is 18.1 Å². The van der Waals surface area contributed by atoms with Crippen LogP contribution < -0.4 is 9.47 Å². The van der Waals surface area contributed by atoms with Crippen molar-refractivity contribution in [2.24, 2.45) is 0 Å². The molecule has 0 unspecified atom stereocenters. The van der Waals surface area contributed by atoms with Crippen LogP contribution in [0.2, 0.25) is 0 Å². The maximum absolute atomic E-state index is 5.88. The third-order valence-corrected chi connectivity index (χ3v) is 4.16. The summed E-state index contributed by atoms with van der Waals surface area (Å²) in [4.78, 5) is 4.44. The Labute approximate surface area is 156 Å². The van der Waals surface area contributed by atoms with Gasteiger partial charge in [0.05, 0.1) is 12.3 Å². The summed E-state index contributed by atoms with van der Waals surface area (Å²) in [6.45, 7) is 1.01. The van der Waals surface area contributed by atoms with Crippen molar-refractivity contribution in [3.8, 4) is 11.5 Å². The molecule has 0 atom stereocenters. The number of nitrogens with one attached hydrogen (secondary N) is 1. The molecule has 0 spiro atoms. The fourth-order valence-electron chi connectivity index (χ4n) is 2.79. The molecule has 0 aliphatic rings. The Hall–Kier alpha value is -3.48. The quantitative estimate of drug-likeness (QED) is 0.485. The number of pyridine rings is 1. The third kappa shape index (κ3) is 4.38. The molecule has 0 bridgehead atoms. The fourth-order valence-corrected chi connectivity index (χ4v) is 2.79. The number of H-pyrrole nitrogens is 1. The highest BCUT2D eigenvalue weighted by molar-refractivity contribution is 5.84. The van der Waals surface area contributed by atoms with Gasteiger partial charge in [-0.25, -0.2) is 0 Å². The zero-order valence-corrected chi connectivity index (χ0v) is 14.7. The molecular formula is C20H19N5O2. The summed E-state index contributed by atoms with van der Waals surface area (Å²) in [5.41, 5.74) is 0.926. The van der Waals surface area contributed by atoms with Crippen LogP contribution >= 0.6 is 0 Å². The number of aromatic nitrogens is 5. The molecule has 2 heterocycles. The fraction of sp³-hybridized carbons (Fsp3) is 0.200. The van der Waals surface area contributed by atoms with Crippen molar-refractivity contribution in [1.29, 1.82) is 0 Å². The second-order valence-corrected chi connectivity index (χ2v) is 6.02. The number of ether oxygens (including phenoxy) is 2. The Morgan fingerprint density at radius 2 is 1.70 bits per heavy atom. The van der Waals surface area contributed by atoms with Crippen molar-refractivity contribution in [3.63, 3.8) is 0 Å². The molecule has 0 aliphatic heterocycles. The number of aromatic amines is 1. The van der Waals surface area contributed by atoms with E-state index in [1.54, 1.807) is 0 Å². The van der Waals surface area contributed by atoms with Gasteiger partial charge in [-0.3, -0.25) is 4.98 Å². The second kappa shape index (κ2) is 8.27. The first kappa shape index (κ1) is 17.0. The Balaban J connectivity index is 1.28. The summed E-state index contributed by atoms with van der Waals surface area (Å²) >= 11 is 0. The summed E-state index contributed by atoms with van der Waals surface area (Å²) < 4.78 is 11.6. The molecule has 0 fully saturated rings. The number of tetrazole rings is 1. The van der Waals surface area contributed by atoms with Gasteiger partial charge in [-0.15, -0.1) is 10.2 Å². The van der Waals surface area contributed by atoms with Gasteiger partial charge >= 0.3 is 0 Å². The van der Waals surface area contributed by atoms with Crippen molar-refractivity contribution in [3.05, 3.63) is 72.3 Å². The van der Waals surface area contributed by atoms with Crippen molar-refractivity contribution >= 4 is 10.8 Å². The zero-order valence-electron chi connectivity index (χ0n) is 14.7. The van der Waals surface area contributed by atoms with E-state index in [2.05, 4.69) is 37.7 Å². The van der Waals surface area contributed by atoms with Gasteiger partial charge in [0.2, 0.25) is 0 Å². The second-order valence-electron chi connectivity index (χ2n) is 6.02. The van der Waals surface area contributed by atoms with Crippen LogP contribution in [0.1, 0.15) is 17.9 Å². The molecule has 136 valence electrons. The summed E-state index contributed by atoms with van der Waals surface area (Å²) in [6.07, 6.45) is 3.37. The Morgan fingerprint density at radius 3 is 2.52 bits per heavy atom. The first-order valence-corrected chi connectivity index (χ1v) is 8.79. The van der Waals surface area contributed by atoms with Crippen LogP contribution in [-0.4, -0.2) is 32.2 Å². The highest BCUT2D eigenvalue weighted by Crippen LogP contribution is 2.21. The minimum Gasteiger partial charge on any atom is -0.494 e. The molecule has 0 radical (unpaired) electrons. The molecule has 4 rings (SSSR count). The van der Waals surface area contributed by atoms with E-state index in [1.807, 2.05) is 48.7 Å². The van der Waals surface area contributed by atoms with Crippen molar-refractivity contribution in [2.75, 3.05) is 6.61 Å². The predicted octanol–water partition coefficient (Wildman–Crippen LogP) is 3.34. The molecular weight excluding hydrogens is 342 g/mol. The number of aryl methyl sites for hydroxylation is 1. The van der Waals surface area contributed by atoms with E-state index < -0.39 is 0 Å². The maximum atomic E-state index is 5.88. The van der Waals surface area contributed by atoms with E-state index in [0.717, 1.165) is 40.8 Å². The number of hydrogen-bond acceptors (Lipinski definition) is 6. The summed E-state index contributed by atoms with van der Waals surface area (Å²) in [6, 6.07) is 17.8. The average Bonchev–Trinajstić information content (AvgIpc) is 3.24. The predicted molar refractivity (Wildman–Crippen MR) is 101 cm³/mol. The van der Waals surface area contributed by atoms with E-state index in [0.29, 0.717) is 19.0 Å². The molecule has 7 heteroatoms. The van der Waals surface area contributed by atoms with Crippen LogP contribution in [0.4, 0.5) is 0 Å². The van der Waals surface area contributed by atoms with Crippen molar-refractivity contribution in [1.82, 2.24) is 25.6 Å². The largest absolute Gasteiger partial charge is 0.494 e. The lowest BCUT2D eigenvalue weighted by Crippen LogP contribution is -2.01. The molecule has 4 aromatic rings. The molecule has 0 aliphatic carbocycles. The first-order valence-electron chi connectivity index (χ1n) is 8.79. The van der Waals surface area contributed by atoms with Gasteiger partial charge in [0.25, 0.3) is 0 Å². The van der Waals surface area contributed by atoms with Crippen molar-refractivity contribution in [2.45, 2.75) is 19.4 Å². The standard InChI is InChI=1S/C20H19N5O2/c1-2-5-18-15(4-1)11-12-21-19(18)14-27-17-9-7-16(8-10-17)26-13-3-6-20-22-24-25-23-20/h1-2,4-5,7-12H,3,6,13-14H2,(H,22,23,24,25). The summed E-state index contributed by atoms with van der Waals surface area (Å²) in [5.74, 6) is 2.28. The van der Waals surface area contributed by atoms with E-state index in [-0.39, 0.29) is 0 Å². The van der Waals surface area contributed by atoms with E-state index in [4.69, 9.17) is 9.47 Å². The highest BCUT2D eigenvalue weighted by Gasteiger charge is 2.04. The molecule has 0 saturated carbocycles. The number of benzene rings is 2. The molecule has 1 N–H and O–H groups in total. The van der Waals surface area contributed by atoms with Gasteiger partial charge < -0.3 is 9.47 Å². The lowest BCUT2D eigenvalue weighted by atomic mass is 10.1. The van der Waals surface area contributed by atoms with Gasteiger partial charge in [-0.05, 0) is 42.1 Å². The van der Waals surface area contributed by atoms with Crippen LogP contribution in [0.5, 0.6) is 11.5 Å². The molecule has 2 aromatic heterocycles. The summed E-state index contributed by atoms with van der Waals surface area (Å²) in [5, 5.41) is 16.1. The Bertz CT molecular complexity index is 982. The number of hydrogen-bond donors (Lipinski definition) is 1. The number of nitrogens with zero attached hydrogens (tertiary/aromatic N) is 4. The van der Waals surface area contributed by atoms with E-state index in [1.165, 1.54) is 0 Å².